The summed E-state index contributed by atoms with van der Waals surface area (Å²) in [5.41, 5.74) is 4.87. The molecule has 0 amide bonds. The number of carbonyl (C=O) groups is 1. The molecule has 2 aliphatic carbocycles. The first-order valence-corrected chi connectivity index (χ1v) is 11.9. The lowest BCUT2D eigenvalue weighted by molar-refractivity contribution is -0.131. The predicted molar refractivity (Wildman–Crippen MR) is 130 cm³/mol. The van der Waals surface area contributed by atoms with Gasteiger partial charge in [-0.1, -0.05) is 67.3 Å². The number of rotatable bonds is 5. The fraction of sp³-hybridized carbons (Fsp3) is 0.414. The van der Waals surface area contributed by atoms with Gasteiger partial charge in [0.15, 0.2) is 0 Å². The summed E-state index contributed by atoms with van der Waals surface area (Å²) in [5, 5.41) is 11.4. The number of benzene rings is 2. The lowest BCUT2D eigenvalue weighted by Gasteiger charge is -2.32. The van der Waals surface area contributed by atoms with Gasteiger partial charge in [-0.15, -0.1) is 0 Å². The highest BCUT2D eigenvalue weighted by Gasteiger charge is 2.30. The van der Waals surface area contributed by atoms with E-state index in [0.29, 0.717) is 11.7 Å². The summed E-state index contributed by atoms with van der Waals surface area (Å²) >= 11 is 0. The van der Waals surface area contributed by atoms with Crippen LogP contribution < -0.4 is 4.74 Å². The molecular weight excluding hydrogens is 396 g/mol. The molecule has 0 heterocycles. The Kier molecular flexibility index (Phi) is 6.95. The van der Waals surface area contributed by atoms with Crippen LogP contribution in [0.1, 0.15) is 80.9 Å². The standard InChI is InChI=1S/C29H34O3/c1-21-11-16-28(32-22(2)30)26(19-21)27(20-29(31)17-7-4-8-18-29)25-14-12-24(13-15-25)23-9-5-3-6-10-23/h3,5-6,9-11,14,16,19-20,24,31H,4,7-8,12-13,15,17-18H2,1-2H3/b27-20+. The Morgan fingerprint density at radius 2 is 1.84 bits per heavy atom. The van der Waals surface area contributed by atoms with Crippen LogP contribution in [0.5, 0.6) is 5.75 Å². The minimum Gasteiger partial charge on any atom is -0.426 e. The number of ether oxygens (including phenoxy) is 1. The molecule has 1 atom stereocenters. The van der Waals surface area contributed by atoms with Gasteiger partial charge in [-0.2, -0.15) is 0 Å². The van der Waals surface area contributed by atoms with Crippen molar-refractivity contribution in [2.45, 2.75) is 76.7 Å². The van der Waals surface area contributed by atoms with Gasteiger partial charge in [0.05, 0.1) is 5.60 Å². The molecule has 1 N–H and O–H groups in total. The molecule has 3 heteroatoms. The Labute approximate surface area is 191 Å². The van der Waals surface area contributed by atoms with E-state index in [1.807, 2.05) is 12.1 Å². The molecule has 1 saturated carbocycles. The van der Waals surface area contributed by atoms with Crippen LogP contribution in [-0.2, 0) is 4.79 Å². The normalized spacial score (nSPS) is 21.0. The summed E-state index contributed by atoms with van der Waals surface area (Å²) in [6.45, 7) is 3.49. The van der Waals surface area contributed by atoms with E-state index in [-0.39, 0.29) is 5.97 Å². The van der Waals surface area contributed by atoms with Crippen molar-refractivity contribution in [2.75, 3.05) is 0 Å². The zero-order chi connectivity index (χ0) is 22.6. The zero-order valence-corrected chi connectivity index (χ0v) is 19.3. The largest absolute Gasteiger partial charge is 0.426 e. The molecule has 0 aliphatic heterocycles. The monoisotopic (exact) mass is 430 g/mol. The molecule has 4 rings (SSSR count). The minimum absolute atomic E-state index is 0.326. The molecular formula is C29H34O3. The lowest BCUT2D eigenvalue weighted by Crippen LogP contribution is -2.29. The van der Waals surface area contributed by atoms with Gasteiger partial charge in [-0.3, -0.25) is 4.79 Å². The van der Waals surface area contributed by atoms with Crippen LogP contribution >= 0.6 is 0 Å². The fourth-order valence-corrected chi connectivity index (χ4v) is 5.13. The van der Waals surface area contributed by atoms with Crippen LogP contribution in [0.15, 0.2) is 66.3 Å². The molecule has 1 fully saturated rings. The van der Waals surface area contributed by atoms with E-state index in [1.54, 1.807) is 0 Å². The van der Waals surface area contributed by atoms with Gasteiger partial charge in [0, 0.05) is 12.5 Å². The highest BCUT2D eigenvalue weighted by Crippen LogP contribution is 2.42. The molecule has 0 aromatic heterocycles. The van der Waals surface area contributed by atoms with Gasteiger partial charge in [0.2, 0.25) is 0 Å². The summed E-state index contributed by atoms with van der Waals surface area (Å²) in [4.78, 5) is 11.8. The third-order valence-electron chi connectivity index (χ3n) is 6.84. The Bertz CT molecular complexity index is 1010. The first-order chi connectivity index (χ1) is 15.4. The van der Waals surface area contributed by atoms with Crippen molar-refractivity contribution < 1.29 is 14.6 Å². The van der Waals surface area contributed by atoms with Crippen molar-refractivity contribution in [1.82, 2.24) is 0 Å². The van der Waals surface area contributed by atoms with Crippen molar-refractivity contribution in [2.24, 2.45) is 0 Å². The van der Waals surface area contributed by atoms with Gasteiger partial charge in [-0.05, 0) is 79.9 Å². The zero-order valence-electron chi connectivity index (χ0n) is 19.3. The van der Waals surface area contributed by atoms with Crippen molar-refractivity contribution in [1.29, 1.82) is 0 Å². The van der Waals surface area contributed by atoms with Gasteiger partial charge in [0.1, 0.15) is 5.75 Å². The van der Waals surface area contributed by atoms with Gasteiger partial charge in [0.25, 0.3) is 0 Å². The molecule has 0 bridgehead atoms. The lowest BCUT2D eigenvalue weighted by atomic mass is 9.77. The second-order valence-corrected chi connectivity index (χ2v) is 9.43. The maximum Gasteiger partial charge on any atom is 0.308 e. The third-order valence-corrected chi connectivity index (χ3v) is 6.84. The van der Waals surface area contributed by atoms with Crippen molar-refractivity contribution in [3.05, 3.63) is 82.9 Å². The summed E-state index contributed by atoms with van der Waals surface area (Å²) in [6, 6.07) is 16.6. The van der Waals surface area contributed by atoms with Crippen molar-refractivity contribution in [3.63, 3.8) is 0 Å². The van der Waals surface area contributed by atoms with Crippen LogP contribution in [-0.4, -0.2) is 16.7 Å². The Balaban J connectivity index is 1.74. The topological polar surface area (TPSA) is 46.5 Å². The van der Waals surface area contributed by atoms with Crippen LogP contribution in [0.25, 0.3) is 5.57 Å². The molecule has 2 aromatic rings. The second kappa shape index (κ2) is 9.87. The number of carbonyl (C=O) groups excluding carboxylic acids is 1. The van der Waals surface area contributed by atoms with Gasteiger partial charge < -0.3 is 9.84 Å². The second-order valence-electron chi connectivity index (χ2n) is 9.43. The number of hydrogen-bond donors (Lipinski definition) is 1. The molecule has 0 saturated heterocycles. The van der Waals surface area contributed by atoms with E-state index >= 15 is 0 Å². The SMILES string of the molecule is CC(=O)Oc1ccc(C)cc1/C(=C/C1(O)CCCCC1)C1=CCC(c2ccccc2)CC1. The quantitative estimate of drug-likeness (QED) is 0.415. The van der Waals surface area contributed by atoms with Crippen LogP contribution in [0.3, 0.4) is 0 Å². The molecule has 3 nitrogen and oxygen atoms in total. The summed E-state index contributed by atoms with van der Waals surface area (Å²) < 4.78 is 5.60. The Morgan fingerprint density at radius 3 is 2.50 bits per heavy atom. The van der Waals surface area contributed by atoms with Gasteiger partial charge >= 0.3 is 5.97 Å². The first-order valence-electron chi connectivity index (χ1n) is 11.9. The van der Waals surface area contributed by atoms with E-state index in [9.17, 15) is 9.90 Å². The van der Waals surface area contributed by atoms with E-state index in [4.69, 9.17) is 4.74 Å². The highest BCUT2D eigenvalue weighted by molar-refractivity contribution is 5.85. The van der Waals surface area contributed by atoms with E-state index < -0.39 is 5.60 Å². The number of aliphatic hydroxyl groups is 1. The third kappa shape index (κ3) is 5.39. The molecule has 2 aromatic carbocycles. The predicted octanol–water partition coefficient (Wildman–Crippen LogP) is 6.89. The van der Waals surface area contributed by atoms with Crippen molar-refractivity contribution in [3.8, 4) is 5.75 Å². The van der Waals surface area contributed by atoms with Gasteiger partial charge in [-0.25, -0.2) is 0 Å². The average Bonchev–Trinajstić information content (AvgIpc) is 2.80. The van der Waals surface area contributed by atoms with E-state index in [2.05, 4.69) is 55.5 Å². The number of hydrogen-bond acceptors (Lipinski definition) is 3. The first kappa shape index (κ1) is 22.5. The Morgan fingerprint density at radius 1 is 1.09 bits per heavy atom. The van der Waals surface area contributed by atoms with E-state index in [1.165, 1.54) is 24.5 Å². The number of aryl methyl sites for hydroxylation is 1. The fourth-order valence-electron chi connectivity index (χ4n) is 5.13. The summed E-state index contributed by atoms with van der Waals surface area (Å²) in [6.07, 6.45) is 12.2. The number of esters is 1. The Hall–Kier alpha value is -2.65. The smallest absolute Gasteiger partial charge is 0.308 e. The molecule has 2 aliphatic rings. The molecule has 168 valence electrons. The molecule has 1 unspecified atom stereocenters. The molecule has 0 radical (unpaired) electrons. The maximum absolute atomic E-state index is 11.8. The van der Waals surface area contributed by atoms with Crippen LogP contribution in [0, 0.1) is 6.92 Å². The average molecular weight is 431 g/mol. The van der Waals surface area contributed by atoms with Crippen LogP contribution in [0.2, 0.25) is 0 Å². The molecule has 0 spiro atoms. The van der Waals surface area contributed by atoms with Crippen molar-refractivity contribution >= 4 is 11.5 Å². The minimum atomic E-state index is -0.804. The molecule has 32 heavy (non-hydrogen) atoms. The highest BCUT2D eigenvalue weighted by atomic mass is 16.5. The number of allylic oxidation sites excluding steroid dienone is 3. The summed E-state index contributed by atoms with van der Waals surface area (Å²) in [5.74, 6) is 0.761. The van der Waals surface area contributed by atoms with E-state index in [0.717, 1.165) is 61.6 Å². The maximum atomic E-state index is 11.8. The summed E-state index contributed by atoms with van der Waals surface area (Å²) in [7, 11) is 0. The van der Waals surface area contributed by atoms with Crippen LogP contribution in [0.4, 0.5) is 0 Å².